The minimum atomic E-state index is 0.481. The molecule has 0 N–H and O–H groups in total. The Labute approximate surface area is 131 Å². The van der Waals surface area contributed by atoms with E-state index in [2.05, 4.69) is 75.0 Å². The maximum atomic E-state index is 6.26. The third kappa shape index (κ3) is 1.77. The highest BCUT2D eigenvalue weighted by atomic mass is 16.5. The molecule has 2 heterocycles. The number of aryl methyl sites for hydroxylation is 2. The van der Waals surface area contributed by atoms with Gasteiger partial charge in [0.25, 0.3) is 5.69 Å². The second-order valence-electron chi connectivity index (χ2n) is 6.47. The molecule has 2 heteroatoms. The van der Waals surface area contributed by atoms with Crippen LogP contribution in [0.3, 0.4) is 0 Å². The SMILES string of the molecule is Cc1ccc2cccc3c2c1-c1c(cc(C(C)C)c[n+]1C)O3. The number of nitrogens with zero attached hydrogens (tertiary/aromatic N) is 1. The lowest BCUT2D eigenvalue weighted by Crippen LogP contribution is -2.33. The molecule has 0 unspecified atom stereocenters. The zero-order chi connectivity index (χ0) is 15.4. The average Bonchev–Trinajstić information content (AvgIpc) is 2.49. The maximum absolute atomic E-state index is 6.26. The van der Waals surface area contributed by atoms with Gasteiger partial charge >= 0.3 is 0 Å². The molecule has 2 aromatic carbocycles. The van der Waals surface area contributed by atoms with E-state index in [0.717, 1.165) is 11.5 Å². The van der Waals surface area contributed by atoms with Gasteiger partial charge in [-0.05, 0) is 35.9 Å². The molecule has 1 aliphatic rings. The van der Waals surface area contributed by atoms with Gasteiger partial charge in [-0.3, -0.25) is 0 Å². The third-order valence-corrected chi connectivity index (χ3v) is 4.57. The highest BCUT2D eigenvalue weighted by molar-refractivity contribution is 6.03. The average molecular weight is 290 g/mol. The van der Waals surface area contributed by atoms with Gasteiger partial charge in [-0.25, -0.2) is 0 Å². The first kappa shape index (κ1) is 13.3. The summed E-state index contributed by atoms with van der Waals surface area (Å²) in [6, 6.07) is 12.8. The molecule has 110 valence electrons. The molecular weight excluding hydrogens is 270 g/mol. The minimum absolute atomic E-state index is 0.481. The van der Waals surface area contributed by atoms with Gasteiger partial charge in [0, 0.05) is 10.9 Å². The molecule has 0 amide bonds. The van der Waals surface area contributed by atoms with Crippen LogP contribution in [0.15, 0.2) is 42.6 Å². The van der Waals surface area contributed by atoms with E-state index >= 15 is 0 Å². The van der Waals surface area contributed by atoms with E-state index in [1.165, 1.54) is 33.2 Å². The Kier molecular flexibility index (Phi) is 2.77. The highest BCUT2D eigenvalue weighted by Crippen LogP contribution is 2.46. The predicted molar refractivity (Wildman–Crippen MR) is 89.5 cm³/mol. The van der Waals surface area contributed by atoms with E-state index in [4.69, 9.17) is 4.74 Å². The van der Waals surface area contributed by atoms with E-state index in [0.29, 0.717) is 5.92 Å². The van der Waals surface area contributed by atoms with Crippen molar-refractivity contribution in [1.29, 1.82) is 0 Å². The van der Waals surface area contributed by atoms with E-state index in [1.54, 1.807) is 0 Å². The van der Waals surface area contributed by atoms with Gasteiger partial charge in [-0.15, -0.1) is 0 Å². The summed E-state index contributed by atoms with van der Waals surface area (Å²) in [4.78, 5) is 0. The van der Waals surface area contributed by atoms with Crippen LogP contribution in [-0.2, 0) is 7.05 Å². The zero-order valence-electron chi connectivity index (χ0n) is 13.5. The molecule has 0 aliphatic carbocycles. The van der Waals surface area contributed by atoms with Crippen LogP contribution in [0.5, 0.6) is 11.5 Å². The molecule has 4 rings (SSSR count). The molecule has 0 fully saturated rings. The lowest BCUT2D eigenvalue weighted by Gasteiger charge is -2.21. The first-order chi connectivity index (χ1) is 10.6. The third-order valence-electron chi connectivity index (χ3n) is 4.57. The fourth-order valence-electron chi connectivity index (χ4n) is 3.37. The molecule has 0 radical (unpaired) electrons. The molecule has 1 aromatic heterocycles. The van der Waals surface area contributed by atoms with Gasteiger partial charge in [0.2, 0.25) is 0 Å². The van der Waals surface area contributed by atoms with Crippen LogP contribution in [-0.4, -0.2) is 0 Å². The van der Waals surface area contributed by atoms with Crippen LogP contribution in [0.2, 0.25) is 0 Å². The monoisotopic (exact) mass is 290 g/mol. The second kappa shape index (κ2) is 4.57. The van der Waals surface area contributed by atoms with Gasteiger partial charge in [0.05, 0.1) is 5.56 Å². The summed E-state index contributed by atoms with van der Waals surface area (Å²) in [5.41, 5.74) is 5.06. The summed E-state index contributed by atoms with van der Waals surface area (Å²) in [6.07, 6.45) is 2.22. The largest absolute Gasteiger partial charge is 0.450 e. The number of aromatic nitrogens is 1. The van der Waals surface area contributed by atoms with Crippen molar-refractivity contribution in [2.75, 3.05) is 0 Å². The van der Waals surface area contributed by atoms with Crippen molar-refractivity contribution in [3.8, 4) is 22.8 Å². The normalized spacial score (nSPS) is 12.4. The topological polar surface area (TPSA) is 13.1 Å². The van der Waals surface area contributed by atoms with Crippen LogP contribution in [0, 0.1) is 6.92 Å². The summed E-state index contributed by atoms with van der Waals surface area (Å²) in [7, 11) is 2.11. The maximum Gasteiger partial charge on any atom is 0.256 e. The quantitative estimate of drug-likeness (QED) is 0.456. The Bertz CT molecular complexity index is 909. The fourth-order valence-corrected chi connectivity index (χ4v) is 3.37. The Morgan fingerprint density at radius 3 is 2.64 bits per heavy atom. The van der Waals surface area contributed by atoms with Crippen LogP contribution in [0.25, 0.3) is 22.0 Å². The zero-order valence-corrected chi connectivity index (χ0v) is 13.5. The molecule has 1 aliphatic heterocycles. The van der Waals surface area contributed by atoms with Gasteiger partial charge in [0.1, 0.15) is 12.8 Å². The molecule has 0 atom stereocenters. The predicted octanol–water partition coefficient (Wildman–Crippen LogP) is 4.87. The number of pyridine rings is 1. The van der Waals surface area contributed by atoms with Gasteiger partial charge in [-0.1, -0.05) is 38.1 Å². The molecule has 0 saturated carbocycles. The van der Waals surface area contributed by atoms with E-state index in [1.807, 2.05) is 0 Å². The van der Waals surface area contributed by atoms with Crippen LogP contribution in [0.1, 0.15) is 30.9 Å². The first-order valence-electron chi connectivity index (χ1n) is 7.80. The Balaban J connectivity index is 2.13. The Morgan fingerprint density at radius 1 is 1.05 bits per heavy atom. The number of ether oxygens (including phenoxy) is 1. The van der Waals surface area contributed by atoms with Crippen molar-refractivity contribution in [3.05, 3.63) is 53.7 Å². The van der Waals surface area contributed by atoms with Gasteiger partial charge in [0.15, 0.2) is 11.9 Å². The standard InChI is InChI=1S/C20H20NO/c1-12(2)15-10-17-20(21(4)11-15)18-13(3)8-9-14-6-5-7-16(22-17)19(14)18/h5-12H,1-4H3/q+1. The first-order valence-corrected chi connectivity index (χ1v) is 7.80. The smallest absolute Gasteiger partial charge is 0.256 e. The molecular formula is C20H20NO+. The number of hydrogen-bond donors (Lipinski definition) is 0. The van der Waals surface area contributed by atoms with Gasteiger partial charge in [-0.2, -0.15) is 4.57 Å². The molecule has 22 heavy (non-hydrogen) atoms. The summed E-state index contributed by atoms with van der Waals surface area (Å²) in [6.45, 7) is 6.60. The molecule has 0 saturated heterocycles. The van der Waals surface area contributed by atoms with E-state index in [-0.39, 0.29) is 0 Å². The van der Waals surface area contributed by atoms with Crippen molar-refractivity contribution in [2.24, 2.45) is 7.05 Å². The van der Waals surface area contributed by atoms with Gasteiger partial charge < -0.3 is 4.74 Å². The summed E-state index contributed by atoms with van der Waals surface area (Å²) >= 11 is 0. The van der Waals surface area contributed by atoms with Crippen molar-refractivity contribution in [1.82, 2.24) is 0 Å². The molecule has 2 nitrogen and oxygen atoms in total. The van der Waals surface area contributed by atoms with Crippen molar-refractivity contribution < 1.29 is 9.30 Å². The Hall–Kier alpha value is -2.35. The summed E-state index contributed by atoms with van der Waals surface area (Å²) in [5.74, 6) is 2.40. The minimum Gasteiger partial charge on any atom is -0.450 e. The number of benzene rings is 2. The van der Waals surface area contributed by atoms with Crippen molar-refractivity contribution >= 4 is 10.8 Å². The van der Waals surface area contributed by atoms with Crippen LogP contribution < -0.4 is 9.30 Å². The second-order valence-corrected chi connectivity index (χ2v) is 6.47. The molecule has 0 spiro atoms. The number of hydrogen-bond acceptors (Lipinski definition) is 1. The number of fused-ring (bicyclic) bond motifs is 2. The van der Waals surface area contributed by atoms with Crippen LogP contribution >= 0.6 is 0 Å². The lowest BCUT2D eigenvalue weighted by atomic mass is 9.93. The molecule has 0 bridgehead atoms. The van der Waals surface area contributed by atoms with Crippen LogP contribution in [0.4, 0.5) is 0 Å². The van der Waals surface area contributed by atoms with E-state index < -0.39 is 0 Å². The highest BCUT2D eigenvalue weighted by Gasteiger charge is 2.29. The van der Waals surface area contributed by atoms with Crippen molar-refractivity contribution in [3.63, 3.8) is 0 Å². The fraction of sp³-hybridized carbons (Fsp3) is 0.250. The Morgan fingerprint density at radius 2 is 1.86 bits per heavy atom. The lowest BCUT2D eigenvalue weighted by molar-refractivity contribution is -0.661. The summed E-state index contributed by atoms with van der Waals surface area (Å²) in [5, 5.41) is 2.46. The molecule has 3 aromatic rings. The van der Waals surface area contributed by atoms with Crippen molar-refractivity contribution in [2.45, 2.75) is 26.7 Å². The number of rotatable bonds is 1. The summed E-state index contributed by atoms with van der Waals surface area (Å²) < 4.78 is 8.47. The van der Waals surface area contributed by atoms with E-state index in [9.17, 15) is 0 Å².